The van der Waals surface area contributed by atoms with E-state index in [9.17, 15) is 14.4 Å². The first-order valence-electron chi connectivity index (χ1n) is 5.57. The van der Waals surface area contributed by atoms with Crippen LogP contribution in [0.2, 0.25) is 0 Å². The van der Waals surface area contributed by atoms with E-state index in [4.69, 9.17) is 14.6 Å². The van der Waals surface area contributed by atoms with Gasteiger partial charge in [0.25, 0.3) is 5.78 Å². The summed E-state index contributed by atoms with van der Waals surface area (Å²) < 4.78 is 10.2. The van der Waals surface area contributed by atoms with Crippen LogP contribution in [-0.2, 0) is 19.1 Å². The average Bonchev–Trinajstić information content (AvgIpc) is 2.25. The molecule has 0 radical (unpaired) electrons. The van der Waals surface area contributed by atoms with Crippen molar-refractivity contribution in [1.29, 1.82) is 0 Å². The first-order chi connectivity index (χ1) is 8.22. The third kappa shape index (κ3) is 3.69. The Kier molecular flexibility index (Phi) is 4.28. The van der Waals surface area contributed by atoms with Gasteiger partial charge in [-0.05, 0) is 20.8 Å². The predicted molar refractivity (Wildman–Crippen MR) is 60.2 cm³/mol. The zero-order valence-electron chi connectivity index (χ0n) is 10.6. The Morgan fingerprint density at radius 1 is 1.33 bits per heavy atom. The number of amides is 1. The van der Waals surface area contributed by atoms with Gasteiger partial charge in [-0.3, -0.25) is 9.69 Å². The van der Waals surface area contributed by atoms with Crippen molar-refractivity contribution in [3.8, 4) is 0 Å². The molecule has 1 rings (SSSR count). The topological polar surface area (TPSA) is 93.1 Å². The molecule has 1 amide bonds. The minimum absolute atomic E-state index is 0.121. The van der Waals surface area contributed by atoms with Crippen molar-refractivity contribution in [3.63, 3.8) is 0 Å². The number of hydrogen-bond donors (Lipinski definition) is 1. The number of carbonyl (C=O) groups is 3. The van der Waals surface area contributed by atoms with Crippen molar-refractivity contribution in [2.75, 3.05) is 19.8 Å². The molecular weight excluding hydrogens is 242 g/mol. The van der Waals surface area contributed by atoms with E-state index in [1.54, 1.807) is 20.8 Å². The monoisotopic (exact) mass is 259 g/mol. The molecule has 1 fully saturated rings. The second kappa shape index (κ2) is 5.34. The SMILES string of the molecule is CC(C)(C)OC(=O)N1CCOCC1C(=O)C(=O)O. The van der Waals surface area contributed by atoms with E-state index in [1.807, 2.05) is 0 Å². The highest BCUT2D eigenvalue weighted by Gasteiger charge is 2.38. The molecule has 1 heterocycles. The quantitative estimate of drug-likeness (QED) is 0.716. The Balaban J connectivity index is 2.79. The van der Waals surface area contributed by atoms with E-state index < -0.39 is 29.5 Å². The number of carboxylic acids is 1. The number of aliphatic carboxylic acids is 1. The molecule has 0 aromatic heterocycles. The highest BCUT2D eigenvalue weighted by molar-refractivity contribution is 6.35. The number of rotatable bonds is 2. The summed E-state index contributed by atoms with van der Waals surface area (Å²) in [7, 11) is 0. The Morgan fingerprint density at radius 3 is 2.44 bits per heavy atom. The summed E-state index contributed by atoms with van der Waals surface area (Å²) in [6, 6.07) is -1.12. The highest BCUT2D eigenvalue weighted by atomic mass is 16.6. The van der Waals surface area contributed by atoms with Crippen molar-refractivity contribution in [2.24, 2.45) is 0 Å². The van der Waals surface area contributed by atoms with Crippen LogP contribution in [0, 0.1) is 0 Å². The summed E-state index contributed by atoms with van der Waals surface area (Å²) in [5.74, 6) is -2.65. The van der Waals surface area contributed by atoms with Crippen LogP contribution in [0.3, 0.4) is 0 Å². The summed E-state index contributed by atoms with van der Waals surface area (Å²) >= 11 is 0. The van der Waals surface area contributed by atoms with Crippen LogP contribution in [-0.4, -0.2) is 59.3 Å². The van der Waals surface area contributed by atoms with Gasteiger partial charge in [-0.1, -0.05) is 0 Å². The smallest absolute Gasteiger partial charge is 0.411 e. The van der Waals surface area contributed by atoms with Crippen LogP contribution in [0.25, 0.3) is 0 Å². The largest absolute Gasteiger partial charge is 0.475 e. The van der Waals surface area contributed by atoms with E-state index in [1.165, 1.54) is 0 Å². The maximum absolute atomic E-state index is 11.9. The van der Waals surface area contributed by atoms with Gasteiger partial charge in [0.15, 0.2) is 0 Å². The van der Waals surface area contributed by atoms with Gasteiger partial charge in [-0.25, -0.2) is 9.59 Å². The Hall–Kier alpha value is -1.63. The number of ketones is 1. The van der Waals surface area contributed by atoms with Crippen LogP contribution in [0.1, 0.15) is 20.8 Å². The number of Topliss-reactive ketones (excluding diaryl/α,β-unsaturated/α-hetero) is 1. The second-order valence-electron chi connectivity index (χ2n) is 4.93. The lowest BCUT2D eigenvalue weighted by Gasteiger charge is -2.34. The first-order valence-corrected chi connectivity index (χ1v) is 5.57. The van der Waals surface area contributed by atoms with Crippen LogP contribution in [0.15, 0.2) is 0 Å². The number of ether oxygens (including phenoxy) is 2. The third-order valence-corrected chi connectivity index (χ3v) is 2.27. The summed E-state index contributed by atoms with van der Waals surface area (Å²) in [4.78, 5) is 35.1. The first kappa shape index (κ1) is 14.4. The fourth-order valence-corrected chi connectivity index (χ4v) is 1.50. The molecule has 7 heteroatoms. The van der Waals surface area contributed by atoms with Gasteiger partial charge in [0.1, 0.15) is 11.6 Å². The van der Waals surface area contributed by atoms with Gasteiger partial charge in [-0.15, -0.1) is 0 Å². The molecule has 1 N–H and O–H groups in total. The molecule has 1 atom stereocenters. The predicted octanol–water partition coefficient (Wildman–Crippen LogP) is 0.276. The zero-order valence-corrected chi connectivity index (χ0v) is 10.6. The molecular formula is C11H17NO6. The summed E-state index contributed by atoms with van der Waals surface area (Å²) in [6.45, 7) is 5.35. The summed E-state index contributed by atoms with van der Waals surface area (Å²) in [6.07, 6.45) is -0.703. The molecule has 0 aromatic carbocycles. The fraction of sp³-hybridized carbons (Fsp3) is 0.727. The number of hydrogen-bond acceptors (Lipinski definition) is 5. The van der Waals surface area contributed by atoms with Crippen LogP contribution in [0.5, 0.6) is 0 Å². The number of carboxylic acid groups (broad SMARTS) is 1. The van der Waals surface area contributed by atoms with Crippen molar-refractivity contribution < 1.29 is 29.0 Å². The molecule has 1 aliphatic heterocycles. The van der Waals surface area contributed by atoms with Gasteiger partial charge in [0, 0.05) is 6.54 Å². The van der Waals surface area contributed by atoms with Gasteiger partial charge in [0.05, 0.1) is 13.2 Å². The summed E-state index contributed by atoms with van der Waals surface area (Å²) in [5, 5.41) is 8.68. The molecule has 102 valence electrons. The maximum atomic E-state index is 11.9. The molecule has 0 saturated carbocycles. The van der Waals surface area contributed by atoms with E-state index in [2.05, 4.69) is 0 Å². The van der Waals surface area contributed by atoms with E-state index >= 15 is 0 Å². The van der Waals surface area contributed by atoms with Crippen molar-refractivity contribution in [2.45, 2.75) is 32.4 Å². The average molecular weight is 259 g/mol. The molecule has 0 aromatic rings. The normalized spacial score (nSPS) is 20.4. The zero-order chi connectivity index (χ0) is 13.9. The van der Waals surface area contributed by atoms with Crippen molar-refractivity contribution in [3.05, 3.63) is 0 Å². The Bertz CT molecular complexity index is 359. The lowest BCUT2D eigenvalue weighted by Crippen LogP contribution is -2.55. The fourth-order valence-electron chi connectivity index (χ4n) is 1.50. The Labute approximate surface area is 105 Å². The second-order valence-corrected chi connectivity index (χ2v) is 4.93. The van der Waals surface area contributed by atoms with Crippen LogP contribution >= 0.6 is 0 Å². The number of morpholine rings is 1. The summed E-state index contributed by atoms with van der Waals surface area (Å²) in [5.41, 5.74) is -0.702. The van der Waals surface area contributed by atoms with E-state index in [0.717, 1.165) is 4.90 Å². The van der Waals surface area contributed by atoms with Gasteiger partial charge in [0.2, 0.25) is 0 Å². The lowest BCUT2D eigenvalue weighted by molar-refractivity contribution is -0.154. The van der Waals surface area contributed by atoms with Crippen LogP contribution in [0.4, 0.5) is 4.79 Å². The van der Waals surface area contributed by atoms with Crippen LogP contribution < -0.4 is 0 Å². The minimum atomic E-state index is -1.58. The molecule has 18 heavy (non-hydrogen) atoms. The van der Waals surface area contributed by atoms with Gasteiger partial charge >= 0.3 is 12.1 Å². The minimum Gasteiger partial charge on any atom is -0.475 e. The van der Waals surface area contributed by atoms with Crippen molar-refractivity contribution >= 4 is 17.8 Å². The molecule has 1 saturated heterocycles. The molecule has 0 bridgehead atoms. The number of carbonyl (C=O) groups excluding carboxylic acids is 2. The molecule has 1 unspecified atom stereocenters. The molecule has 0 aliphatic carbocycles. The third-order valence-electron chi connectivity index (χ3n) is 2.27. The number of nitrogens with zero attached hydrogens (tertiary/aromatic N) is 1. The van der Waals surface area contributed by atoms with Gasteiger partial charge in [-0.2, -0.15) is 0 Å². The molecule has 1 aliphatic rings. The van der Waals surface area contributed by atoms with Gasteiger partial charge < -0.3 is 14.6 Å². The lowest BCUT2D eigenvalue weighted by atomic mass is 10.1. The van der Waals surface area contributed by atoms with Crippen molar-refractivity contribution in [1.82, 2.24) is 4.90 Å². The standard InChI is InChI=1S/C11H17NO6/c1-11(2,3)18-10(16)12-4-5-17-6-7(12)8(13)9(14)15/h7H,4-6H2,1-3H3,(H,14,15). The highest BCUT2D eigenvalue weighted by Crippen LogP contribution is 2.15. The molecule has 0 spiro atoms. The maximum Gasteiger partial charge on any atom is 0.411 e. The molecule has 7 nitrogen and oxygen atoms in total. The Morgan fingerprint density at radius 2 is 1.94 bits per heavy atom. The van der Waals surface area contributed by atoms with E-state index in [-0.39, 0.29) is 19.8 Å². The van der Waals surface area contributed by atoms with E-state index in [0.29, 0.717) is 0 Å².